The quantitative estimate of drug-likeness (QED) is 0.792. The Hall–Kier alpha value is -1.42. The average Bonchev–Trinajstić information content (AvgIpc) is 2.49. The zero-order valence-corrected chi connectivity index (χ0v) is 7.54. The second-order valence-electron chi connectivity index (χ2n) is 2.72. The lowest BCUT2D eigenvalue weighted by Gasteiger charge is -1.95. The van der Waals surface area contributed by atoms with Gasteiger partial charge in [0.25, 0.3) is 0 Å². The van der Waals surface area contributed by atoms with Crippen molar-refractivity contribution in [2.75, 3.05) is 0 Å². The van der Waals surface area contributed by atoms with E-state index in [0.29, 0.717) is 0 Å². The average molecular weight is 193 g/mol. The molecule has 0 atom stereocenters. The molecular formula is C9H7NO2S. The van der Waals surface area contributed by atoms with Crippen molar-refractivity contribution in [2.45, 2.75) is 6.42 Å². The van der Waals surface area contributed by atoms with Gasteiger partial charge in [0.15, 0.2) is 0 Å². The molecular weight excluding hydrogens is 186 g/mol. The Morgan fingerprint density at radius 1 is 1.54 bits per heavy atom. The van der Waals surface area contributed by atoms with Crippen molar-refractivity contribution >= 4 is 27.5 Å². The van der Waals surface area contributed by atoms with E-state index in [0.717, 1.165) is 15.8 Å². The van der Waals surface area contributed by atoms with Crippen molar-refractivity contribution in [1.82, 2.24) is 4.98 Å². The van der Waals surface area contributed by atoms with Gasteiger partial charge in [0.1, 0.15) is 0 Å². The van der Waals surface area contributed by atoms with Crippen LogP contribution in [0.4, 0.5) is 0 Å². The molecule has 2 rings (SSSR count). The molecule has 0 saturated heterocycles. The van der Waals surface area contributed by atoms with Crippen LogP contribution in [0.3, 0.4) is 0 Å². The van der Waals surface area contributed by atoms with Crippen LogP contribution in [0.2, 0.25) is 0 Å². The largest absolute Gasteiger partial charge is 0.481 e. The van der Waals surface area contributed by atoms with Crippen LogP contribution in [0.1, 0.15) is 5.56 Å². The highest BCUT2D eigenvalue weighted by Crippen LogP contribution is 2.18. The molecule has 3 nitrogen and oxygen atoms in total. The van der Waals surface area contributed by atoms with Gasteiger partial charge < -0.3 is 5.11 Å². The molecule has 13 heavy (non-hydrogen) atoms. The second-order valence-corrected chi connectivity index (χ2v) is 3.61. The van der Waals surface area contributed by atoms with E-state index in [1.54, 1.807) is 16.8 Å². The molecule has 66 valence electrons. The minimum Gasteiger partial charge on any atom is -0.481 e. The summed E-state index contributed by atoms with van der Waals surface area (Å²) in [6.07, 6.45) is 0.0630. The molecule has 1 N–H and O–H groups in total. The standard InChI is InChI=1S/C9H7NO2S/c11-9(12)4-6-1-2-8-7(3-6)10-5-13-8/h1-3,5H,4H2,(H,11,12). The van der Waals surface area contributed by atoms with Crippen LogP contribution >= 0.6 is 11.3 Å². The smallest absolute Gasteiger partial charge is 0.307 e. The molecule has 1 aromatic carbocycles. The van der Waals surface area contributed by atoms with Gasteiger partial charge in [-0.25, -0.2) is 4.98 Å². The second kappa shape index (κ2) is 3.14. The van der Waals surface area contributed by atoms with Crippen LogP contribution in [0.5, 0.6) is 0 Å². The van der Waals surface area contributed by atoms with Gasteiger partial charge in [-0.2, -0.15) is 0 Å². The van der Waals surface area contributed by atoms with Crippen molar-refractivity contribution in [3.63, 3.8) is 0 Å². The fourth-order valence-corrected chi connectivity index (χ4v) is 1.85. The number of rotatable bonds is 2. The monoisotopic (exact) mass is 193 g/mol. The zero-order chi connectivity index (χ0) is 9.26. The predicted octanol–water partition coefficient (Wildman–Crippen LogP) is 1.92. The number of fused-ring (bicyclic) bond motifs is 1. The number of carboxylic acids is 1. The molecule has 0 aliphatic rings. The summed E-state index contributed by atoms with van der Waals surface area (Å²) in [4.78, 5) is 14.5. The molecule has 1 aromatic heterocycles. The molecule has 0 fully saturated rings. The first-order chi connectivity index (χ1) is 6.25. The predicted molar refractivity (Wildman–Crippen MR) is 51.0 cm³/mol. The lowest BCUT2D eigenvalue weighted by molar-refractivity contribution is -0.136. The number of thiazole rings is 1. The first kappa shape index (κ1) is 8.19. The van der Waals surface area contributed by atoms with Crippen LogP contribution < -0.4 is 0 Å². The Bertz CT molecular complexity index is 450. The van der Waals surface area contributed by atoms with Gasteiger partial charge in [0, 0.05) is 0 Å². The van der Waals surface area contributed by atoms with E-state index in [4.69, 9.17) is 5.11 Å². The Balaban J connectivity index is 2.42. The topological polar surface area (TPSA) is 50.2 Å². The van der Waals surface area contributed by atoms with Gasteiger partial charge >= 0.3 is 5.97 Å². The molecule has 0 aliphatic carbocycles. The van der Waals surface area contributed by atoms with Crippen molar-refractivity contribution < 1.29 is 9.90 Å². The van der Waals surface area contributed by atoms with Gasteiger partial charge in [-0.3, -0.25) is 4.79 Å². The third-order valence-electron chi connectivity index (χ3n) is 1.75. The molecule has 0 unspecified atom stereocenters. The van der Waals surface area contributed by atoms with E-state index in [9.17, 15) is 4.79 Å². The first-order valence-corrected chi connectivity index (χ1v) is 4.67. The summed E-state index contributed by atoms with van der Waals surface area (Å²) in [6, 6.07) is 5.56. The van der Waals surface area contributed by atoms with Gasteiger partial charge in [-0.05, 0) is 17.7 Å². The molecule has 2 aromatic rings. The van der Waals surface area contributed by atoms with Crippen LogP contribution in [-0.4, -0.2) is 16.1 Å². The fraction of sp³-hybridized carbons (Fsp3) is 0.111. The molecule has 0 radical (unpaired) electrons. The van der Waals surface area contributed by atoms with E-state index >= 15 is 0 Å². The number of aliphatic carboxylic acids is 1. The number of nitrogens with zero attached hydrogens (tertiary/aromatic N) is 1. The number of carbonyl (C=O) groups is 1. The van der Waals surface area contributed by atoms with Crippen LogP contribution in [0.15, 0.2) is 23.7 Å². The molecule has 0 amide bonds. The summed E-state index contributed by atoms with van der Waals surface area (Å²) in [5.41, 5.74) is 3.43. The van der Waals surface area contributed by atoms with Gasteiger partial charge in [0.2, 0.25) is 0 Å². The Morgan fingerprint density at radius 3 is 3.15 bits per heavy atom. The highest BCUT2D eigenvalue weighted by atomic mass is 32.1. The van der Waals surface area contributed by atoms with Crippen molar-refractivity contribution in [2.24, 2.45) is 0 Å². The number of benzene rings is 1. The van der Waals surface area contributed by atoms with Gasteiger partial charge in [0.05, 0.1) is 22.1 Å². The Morgan fingerprint density at radius 2 is 2.38 bits per heavy atom. The Kier molecular flexibility index (Phi) is 1.98. The lowest BCUT2D eigenvalue weighted by atomic mass is 10.1. The third-order valence-corrected chi connectivity index (χ3v) is 2.56. The summed E-state index contributed by atoms with van der Waals surface area (Å²) in [7, 11) is 0. The number of hydrogen-bond donors (Lipinski definition) is 1. The summed E-state index contributed by atoms with van der Waals surface area (Å²) < 4.78 is 1.09. The maximum Gasteiger partial charge on any atom is 0.307 e. The van der Waals surface area contributed by atoms with E-state index in [2.05, 4.69) is 4.98 Å². The summed E-state index contributed by atoms with van der Waals surface area (Å²) in [5.74, 6) is -0.811. The van der Waals surface area contributed by atoms with Crippen LogP contribution in [0, 0.1) is 0 Å². The number of carboxylic acid groups (broad SMARTS) is 1. The maximum absolute atomic E-state index is 10.4. The van der Waals surface area contributed by atoms with E-state index in [1.807, 2.05) is 18.2 Å². The minimum atomic E-state index is -0.811. The molecule has 1 heterocycles. The normalized spacial score (nSPS) is 10.5. The molecule has 0 aliphatic heterocycles. The van der Waals surface area contributed by atoms with Crippen molar-refractivity contribution in [3.8, 4) is 0 Å². The van der Waals surface area contributed by atoms with E-state index in [1.165, 1.54) is 0 Å². The van der Waals surface area contributed by atoms with E-state index < -0.39 is 5.97 Å². The fourth-order valence-electron chi connectivity index (χ4n) is 1.19. The maximum atomic E-state index is 10.4. The third kappa shape index (κ3) is 1.67. The zero-order valence-electron chi connectivity index (χ0n) is 6.73. The van der Waals surface area contributed by atoms with Crippen molar-refractivity contribution in [1.29, 1.82) is 0 Å². The molecule has 0 saturated carbocycles. The summed E-state index contributed by atoms with van der Waals surface area (Å²) in [6.45, 7) is 0. The van der Waals surface area contributed by atoms with Crippen LogP contribution in [-0.2, 0) is 11.2 Å². The van der Waals surface area contributed by atoms with Crippen LogP contribution in [0.25, 0.3) is 10.2 Å². The van der Waals surface area contributed by atoms with E-state index in [-0.39, 0.29) is 6.42 Å². The number of aromatic nitrogens is 1. The molecule has 4 heteroatoms. The Labute approximate surface area is 78.7 Å². The first-order valence-electron chi connectivity index (χ1n) is 3.79. The number of hydrogen-bond acceptors (Lipinski definition) is 3. The van der Waals surface area contributed by atoms with Gasteiger partial charge in [-0.15, -0.1) is 11.3 Å². The highest BCUT2D eigenvalue weighted by molar-refractivity contribution is 7.16. The highest BCUT2D eigenvalue weighted by Gasteiger charge is 2.02. The SMILES string of the molecule is O=C(O)Cc1ccc2scnc2c1. The van der Waals surface area contributed by atoms with Crippen molar-refractivity contribution in [3.05, 3.63) is 29.3 Å². The summed E-state index contributed by atoms with van der Waals surface area (Å²) >= 11 is 1.56. The minimum absolute atomic E-state index is 0.0630. The van der Waals surface area contributed by atoms with Gasteiger partial charge in [-0.1, -0.05) is 6.07 Å². The molecule has 0 spiro atoms. The summed E-state index contributed by atoms with van der Waals surface area (Å²) in [5, 5.41) is 8.57. The lowest BCUT2D eigenvalue weighted by Crippen LogP contribution is -1.99. The molecule has 0 bridgehead atoms.